The second-order valence-corrected chi connectivity index (χ2v) is 3.87. The van der Waals surface area contributed by atoms with Crippen molar-refractivity contribution in [1.29, 1.82) is 0 Å². The third-order valence-electron chi connectivity index (χ3n) is 1.37. The van der Waals surface area contributed by atoms with Crippen LogP contribution in [0, 0.1) is 5.82 Å². The molecule has 0 aliphatic rings. The minimum absolute atomic E-state index is 0.00338. The fourth-order valence-corrected chi connectivity index (χ4v) is 1.20. The summed E-state index contributed by atoms with van der Waals surface area (Å²) in [6, 6.07) is 5.61. The maximum atomic E-state index is 12.6. The molecule has 0 aliphatic heterocycles. The Kier molecular flexibility index (Phi) is 2.97. The fourth-order valence-electron chi connectivity index (χ4n) is 0.831. The minimum atomic E-state index is -3.71. The molecule has 0 amide bonds. The summed E-state index contributed by atoms with van der Waals surface area (Å²) >= 11 is 0. The van der Waals surface area contributed by atoms with E-state index < -0.39 is 16.0 Å². The van der Waals surface area contributed by atoms with Gasteiger partial charge in [-0.1, -0.05) is 12.1 Å². The number of rotatable bonds is 3. The SMILES string of the molecule is NS(=O)(=O)NCc1cccc(F)c1. The molecule has 0 fully saturated rings. The molecule has 0 aliphatic carbocycles. The van der Waals surface area contributed by atoms with E-state index in [2.05, 4.69) is 5.14 Å². The molecule has 6 heteroatoms. The van der Waals surface area contributed by atoms with E-state index in [0.29, 0.717) is 5.56 Å². The summed E-state index contributed by atoms with van der Waals surface area (Å²) in [5.41, 5.74) is 0.522. The number of benzene rings is 1. The first-order chi connectivity index (χ1) is 5.97. The van der Waals surface area contributed by atoms with Crippen LogP contribution in [0.3, 0.4) is 0 Å². The summed E-state index contributed by atoms with van der Waals surface area (Å²) in [4.78, 5) is 0. The average molecular weight is 204 g/mol. The van der Waals surface area contributed by atoms with Crippen LogP contribution in [0.2, 0.25) is 0 Å². The second kappa shape index (κ2) is 3.82. The summed E-state index contributed by atoms with van der Waals surface area (Å²) in [7, 11) is -3.71. The molecule has 0 saturated carbocycles. The van der Waals surface area contributed by atoms with E-state index in [1.807, 2.05) is 4.72 Å². The maximum Gasteiger partial charge on any atom is 0.274 e. The van der Waals surface area contributed by atoms with E-state index in [9.17, 15) is 12.8 Å². The number of nitrogens with two attached hydrogens (primary N) is 1. The summed E-state index contributed by atoms with van der Waals surface area (Å²) in [5.74, 6) is -0.409. The van der Waals surface area contributed by atoms with Crippen molar-refractivity contribution < 1.29 is 12.8 Å². The number of halogens is 1. The summed E-state index contributed by atoms with van der Waals surface area (Å²) in [6.45, 7) is -0.00338. The summed E-state index contributed by atoms with van der Waals surface area (Å²) in [5, 5.41) is 4.69. The molecule has 1 aromatic rings. The van der Waals surface area contributed by atoms with Crippen molar-refractivity contribution in [2.24, 2.45) is 5.14 Å². The highest BCUT2D eigenvalue weighted by atomic mass is 32.2. The van der Waals surface area contributed by atoms with Crippen LogP contribution < -0.4 is 9.86 Å². The van der Waals surface area contributed by atoms with Crippen molar-refractivity contribution in [2.75, 3.05) is 0 Å². The smallest absolute Gasteiger partial charge is 0.216 e. The van der Waals surface area contributed by atoms with Gasteiger partial charge in [-0.3, -0.25) is 0 Å². The Morgan fingerprint density at radius 3 is 2.69 bits per heavy atom. The van der Waals surface area contributed by atoms with Crippen LogP contribution in [0.5, 0.6) is 0 Å². The molecule has 0 aromatic heterocycles. The molecule has 0 bridgehead atoms. The third-order valence-corrected chi connectivity index (χ3v) is 1.91. The van der Waals surface area contributed by atoms with Gasteiger partial charge >= 0.3 is 0 Å². The van der Waals surface area contributed by atoms with Gasteiger partial charge in [0.25, 0.3) is 10.2 Å². The molecule has 13 heavy (non-hydrogen) atoms. The lowest BCUT2D eigenvalue weighted by atomic mass is 10.2. The predicted molar refractivity (Wildman–Crippen MR) is 46.3 cm³/mol. The molecule has 1 aromatic carbocycles. The molecule has 0 spiro atoms. The van der Waals surface area contributed by atoms with Crippen LogP contribution in [0.15, 0.2) is 24.3 Å². The van der Waals surface area contributed by atoms with Gasteiger partial charge in [0, 0.05) is 6.54 Å². The zero-order valence-electron chi connectivity index (χ0n) is 6.70. The Labute approximate surface area is 75.7 Å². The lowest BCUT2D eigenvalue weighted by Gasteiger charge is -2.01. The highest BCUT2D eigenvalue weighted by molar-refractivity contribution is 7.87. The van der Waals surface area contributed by atoms with Crippen molar-refractivity contribution in [2.45, 2.75) is 6.54 Å². The second-order valence-electron chi connectivity index (χ2n) is 2.50. The zero-order chi connectivity index (χ0) is 9.90. The van der Waals surface area contributed by atoms with E-state index in [1.54, 1.807) is 6.07 Å². The van der Waals surface area contributed by atoms with E-state index >= 15 is 0 Å². The molecule has 0 saturated heterocycles. The van der Waals surface area contributed by atoms with Gasteiger partial charge in [0.15, 0.2) is 0 Å². The van der Waals surface area contributed by atoms with Crippen LogP contribution in [-0.4, -0.2) is 8.42 Å². The van der Waals surface area contributed by atoms with Crippen molar-refractivity contribution in [3.8, 4) is 0 Å². The lowest BCUT2D eigenvalue weighted by molar-refractivity contribution is 0.582. The molecular weight excluding hydrogens is 195 g/mol. The first-order valence-electron chi connectivity index (χ1n) is 3.49. The highest BCUT2D eigenvalue weighted by Gasteiger charge is 2.01. The van der Waals surface area contributed by atoms with E-state index in [0.717, 1.165) is 0 Å². The summed E-state index contributed by atoms with van der Waals surface area (Å²) in [6.07, 6.45) is 0. The quantitative estimate of drug-likeness (QED) is 0.734. The third kappa shape index (κ3) is 3.97. The first-order valence-corrected chi connectivity index (χ1v) is 5.04. The molecule has 0 atom stereocenters. The monoisotopic (exact) mass is 204 g/mol. The van der Waals surface area contributed by atoms with Crippen molar-refractivity contribution >= 4 is 10.2 Å². The van der Waals surface area contributed by atoms with Crippen LogP contribution in [0.1, 0.15) is 5.56 Å². The van der Waals surface area contributed by atoms with Crippen LogP contribution in [0.25, 0.3) is 0 Å². The van der Waals surface area contributed by atoms with E-state index in [-0.39, 0.29) is 6.54 Å². The van der Waals surface area contributed by atoms with Crippen LogP contribution in [-0.2, 0) is 16.8 Å². The minimum Gasteiger partial charge on any atom is -0.216 e. The van der Waals surface area contributed by atoms with Gasteiger partial charge in [-0.15, -0.1) is 0 Å². The topological polar surface area (TPSA) is 72.2 Å². The fraction of sp³-hybridized carbons (Fsp3) is 0.143. The molecule has 3 N–H and O–H groups in total. The van der Waals surface area contributed by atoms with Gasteiger partial charge in [0.1, 0.15) is 5.82 Å². The zero-order valence-corrected chi connectivity index (χ0v) is 7.51. The molecule has 0 radical (unpaired) electrons. The van der Waals surface area contributed by atoms with Crippen LogP contribution >= 0.6 is 0 Å². The van der Waals surface area contributed by atoms with Gasteiger partial charge in [-0.2, -0.15) is 13.1 Å². The van der Waals surface area contributed by atoms with E-state index in [4.69, 9.17) is 0 Å². The Morgan fingerprint density at radius 1 is 1.46 bits per heavy atom. The number of hydrogen-bond acceptors (Lipinski definition) is 2. The van der Waals surface area contributed by atoms with Crippen molar-refractivity contribution in [1.82, 2.24) is 4.72 Å². The van der Waals surface area contributed by atoms with Gasteiger partial charge in [0.2, 0.25) is 0 Å². The Morgan fingerprint density at radius 2 is 2.15 bits per heavy atom. The average Bonchev–Trinajstić information content (AvgIpc) is 2.00. The number of nitrogens with one attached hydrogen (secondary N) is 1. The Hall–Kier alpha value is -0.980. The number of hydrogen-bond donors (Lipinski definition) is 2. The van der Waals surface area contributed by atoms with E-state index in [1.165, 1.54) is 18.2 Å². The molecule has 0 unspecified atom stereocenters. The highest BCUT2D eigenvalue weighted by Crippen LogP contribution is 2.02. The van der Waals surface area contributed by atoms with Crippen LogP contribution in [0.4, 0.5) is 4.39 Å². The van der Waals surface area contributed by atoms with Crippen molar-refractivity contribution in [3.05, 3.63) is 35.6 Å². The maximum absolute atomic E-state index is 12.6. The lowest BCUT2D eigenvalue weighted by Crippen LogP contribution is -2.30. The standard InChI is InChI=1S/C7H9FN2O2S/c8-7-3-1-2-6(4-7)5-10-13(9,11)12/h1-4,10H,5H2,(H2,9,11,12). The Balaban J connectivity index is 2.65. The Bertz CT molecular complexity index is 391. The van der Waals surface area contributed by atoms with Gasteiger partial charge in [-0.25, -0.2) is 9.53 Å². The molecule has 72 valence electrons. The largest absolute Gasteiger partial charge is 0.274 e. The predicted octanol–water partition coefficient (Wildman–Crippen LogP) is 0.119. The molecule has 4 nitrogen and oxygen atoms in total. The van der Waals surface area contributed by atoms with Gasteiger partial charge in [0.05, 0.1) is 0 Å². The molecule has 0 heterocycles. The molecule has 1 rings (SSSR count). The normalized spacial score (nSPS) is 11.5. The summed E-state index contributed by atoms with van der Waals surface area (Å²) < 4.78 is 35.6. The van der Waals surface area contributed by atoms with Gasteiger partial charge in [-0.05, 0) is 17.7 Å². The van der Waals surface area contributed by atoms with Crippen molar-refractivity contribution in [3.63, 3.8) is 0 Å². The first kappa shape index (κ1) is 10.1. The van der Waals surface area contributed by atoms with Gasteiger partial charge < -0.3 is 0 Å². The molecular formula is C7H9FN2O2S.